The second kappa shape index (κ2) is 8.27. The van der Waals surface area contributed by atoms with E-state index in [1.165, 1.54) is 6.07 Å². The number of nitro groups is 1. The van der Waals surface area contributed by atoms with E-state index in [1.54, 1.807) is 13.0 Å². The molecule has 0 saturated heterocycles. The zero-order valence-corrected chi connectivity index (χ0v) is 11.6. The molecular weight excluding hydrogens is 260 g/mol. The first-order valence-electron chi connectivity index (χ1n) is 6.67. The van der Waals surface area contributed by atoms with Crippen LogP contribution in [0.1, 0.15) is 36.8 Å². The van der Waals surface area contributed by atoms with Crippen molar-refractivity contribution in [1.82, 2.24) is 5.32 Å². The fraction of sp³-hybridized carbons (Fsp3) is 0.500. The Bertz CT molecular complexity index is 474. The van der Waals surface area contributed by atoms with Crippen LogP contribution in [0.2, 0.25) is 0 Å². The summed E-state index contributed by atoms with van der Waals surface area (Å²) in [5.74, 6) is -0.759. The molecule has 0 aliphatic rings. The Kier molecular flexibility index (Phi) is 6.66. The van der Waals surface area contributed by atoms with Crippen molar-refractivity contribution < 1.29 is 14.8 Å². The summed E-state index contributed by atoms with van der Waals surface area (Å²) in [7, 11) is 0. The number of hydrogen-bond acceptors (Lipinski definition) is 4. The van der Waals surface area contributed by atoms with Crippen LogP contribution in [-0.4, -0.2) is 22.5 Å². The van der Waals surface area contributed by atoms with E-state index in [4.69, 9.17) is 5.11 Å². The molecule has 1 aromatic rings. The Morgan fingerprint density at radius 2 is 2.10 bits per heavy atom. The van der Waals surface area contributed by atoms with Gasteiger partial charge < -0.3 is 10.4 Å². The van der Waals surface area contributed by atoms with E-state index < -0.39 is 5.97 Å². The molecule has 6 heteroatoms. The number of benzene rings is 1. The lowest BCUT2D eigenvalue weighted by Crippen LogP contribution is -2.15. The average molecular weight is 280 g/mol. The Morgan fingerprint density at radius 3 is 2.75 bits per heavy atom. The van der Waals surface area contributed by atoms with E-state index in [0.29, 0.717) is 18.5 Å². The topological polar surface area (TPSA) is 92.5 Å². The summed E-state index contributed by atoms with van der Waals surface area (Å²) in [5, 5.41) is 22.5. The zero-order valence-electron chi connectivity index (χ0n) is 11.6. The highest BCUT2D eigenvalue weighted by Crippen LogP contribution is 2.20. The lowest BCUT2D eigenvalue weighted by molar-refractivity contribution is -0.385. The third-order valence-electron chi connectivity index (χ3n) is 3.17. The van der Waals surface area contributed by atoms with Crippen LogP contribution >= 0.6 is 0 Å². The number of aliphatic carboxylic acids is 1. The molecule has 1 rings (SSSR count). The van der Waals surface area contributed by atoms with Crippen LogP contribution in [0.25, 0.3) is 0 Å². The Labute approximate surface area is 118 Å². The van der Waals surface area contributed by atoms with E-state index in [9.17, 15) is 14.9 Å². The SMILES string of the molecule is Cc1c(CNCCCCCC(=O)O)cccc1[N+](=O)[O-]. The van der Waals surface area contributed by atoms with Gasteiger partial charge in [-0.3, -0.25) is 14.9 Å². The molecule has 0 saturated carbocycles. The molecule has 0 atom stereocenters. The van der Waals surface area contributed by atoms with E-state index >= 15 is 0 Å². The van der Waals surface area contributed by atoms with Crippen molar-refractivity contribution in [2.45, 2.75) is 39.2 Å². The van der Waals surface area contributed by atoms with Crippen molar-refractivity contribution in [3.05, 3.63) is 39.4 Å². The number of hydrogen-bond donors (Lipinski definition) is 2. The molecule has 0 radical (unpaired) electrons. The molecule has 0 aromatic heterocycles. The molecule has 0 unspecified atom stereocenters. The number of nitro benzene ring substituents is 1. The number of nitrogens with one attached hydrogen (secondary N) is 1. The molecule has 20 heavy (non-hydrogen) atoms. The summed E-state index contributed by atoms with van der Waals surface area (Å²) < 4.78 is 0. The van der Waals surface area contributed by atoms with Crippen molar-refractivity contribution >= 4 is 11.7 Å². The molecule has 0 fully saturated rings. The molecule has 0 bridgehead atoms. The maximum absolute atomic E-state index is 10.8. The van der Waals surface area contributed by atoms with Crippen LogP contribution in [0, 0.1) is 17.0 Å². The van der Waals surface area contributed by atoms with Crippen LogP contribution < -0.4 is 5.32 Å². The molecule has 6 nitrogen and oxygen atoms in total. The van der Waals surface area contributed by atoms with Crippen LogP contribution in [0.4, 0.5) is 5.69 Å². The first-order chi connectivity index (χ1) is 9.52. The van der Waals surface area contributed by atoms with Crippen LogP contribution in [-0.2, 0) is 11.3 Å². The fourth-order valence-corrected chi connectivity index (χ4v) is 1.99. The fourth-order valence-electron chi connectivity index (χ4n) is 1.99. The maximum atomic E-state index is 10.8. The van der Waals surface area contributed by atoms with E-state index in [1.807, 2.05) is 6.07 Å². The van der Waals surface area contributed by atoms with E-state index in [0.717, 1.165) is 24.9 Å². The van der Waals surface area contributed by atoms with Gasteiger partial charge in [0.2, 0.25) is 0 Å². The number of carboxylic acid groups (broad SMARTS) is 1. The summed E-state index contributed by atoms with van der Waals surface area (Å²) in [6.45, 7) is 3.12. The first kappa shape index (κ1) is 16.1. The van der Waals surface area contributed by atoms with Gasteiger partial charge in [0.25, 0.3) is 5.69 Å². The third-order valence-corrected chi connectivity index (χ3v) is 3.17. The number of carboxylic acids is 1. The van der Waals surface area contributed by atoms with Gasteiger partial charge in [-0.05, 0) is 31.9 Å². The van der Waals surface area contributed by atoms with Gasteiger partial charge in [0.1, 0.15) is 0 Å². The number of rotatable bonds is 9. The number of unbranched alkanes of at least 4 members (excludes halogenated alkanes) is 2. The molecule has 0 spiro atoms. The van der Waals surface area contributed by atoms with Crippen molar-refractivity contribution in [2.24, 2.45) is 0 Å². The Balaban J connectivity index is 2.30. The number of nitrogens with zero attached hydrogens (tertiary/aromatic N) is 1. The minimum absolute atomic E-state index is 0.144. The summed E-state index contributed by atoms with van der Waals surface area (Å²) in [6, 6.07) is 5.07. The van der Waals surface area contributed by atoms with Gasteiger partial charge in [-0.2, -0.15) is 0 Å². The second-order valence-corrected chi connectivity index (χ2v) is 4.70. The second-order valence-electron chi connectivity index (χ2n) is 4.70. The zero-order chi connectivity index (χ0) is 15.0. The van der Waals surface area contributed by atoms with Gasteiger partial charge in [0.15, 0.2) is 0 Å². The first-order valence-corrected chi connectivity index (χ1v) is 6.67. The van der Waals surface area contributed by atoms with Crippen molar-refractivity contribution in [1.29, 1.82) is 0 Å². The van der Waals surface area contributed by atoms with Gasteiger partial charge in [0.05, 0.1) is 4.92 Å². The Morgan fingerprint density at radius 1 is 1.35 bits per heavy atom. The molecule has 110 valence electrons. The third kappa shape index (κ3) is 5.36. The lowest BCUT2D eigenvalue weighted by atomic mass is 10.1. The molecular formula is C14H20N2O4. The lowest BCUT2D eigenvalue weighted by Gasteiger charge is -2.08. The molecule has 0 aliphatic heterocycles. The van der Waals surface area contributed by atoms with Crippen LogP contribution in [0.5, 0.6) is 0 Å². The molecule has 0 heterocycles. The monoisotopic (exact) mass is 280 g/mol. The van der Waals surface area contributed by atoms with E-state index in [2.05, 4.69) is 5.32 Å². The van der Waals surface area contributed by atoms with Crippen LogP contribution in [0.3, 0.4) is 0 Å². The van der Waals surface area contributed by atoms with E-state index in [-0.39, 0.29) is 17.0 Å². The predicted molar refractivity (Wildman–Crippen MR) is 75.6 cm³/mol. The standard InChI is InChI=1S/C14H20N2O4/c1-11-12(6-5-7-13(11)16(19)20)10-15-9-4-2-3-8-14(17)18/h5-7,15H,2-4,8-10H2,1H3,(H,17,18). The number of carbonyl (C=O) groups is 1. The van der Waals surface area contributed by atoms with Gasteiger partial charge in [-0.1, -0.05) is 18.6 Å². The van der Waals surface area contributed by atoms with Gasteiger partial charge in [-0.25, -0.2) is 0 Å². The summed E-state index contributed by atoms with van der Waals surface area (Å²) >= 11 is 0. The highest BCUT2D eigenvalue weighted by molar-refractivity contribution is 5.66. The quantitative estimate of drug-likeness (QED) is 0.412. The minimum Gasteiger partial charge on any atom is -0.481 e. The highest BCUT2D eigenvalue weighted by atomic mass is 16.6. The molecule has 0 aliphatic carbocycles. The van der Waals surface area contributed by atoms with Crippen molar-refractivity contribution in [3.63, 3.8) is 0 Å². The van der Waals surface area contributed by atoms with Gasteiger partial charge >= 0.3 is 5.97 Å². The summed E-state index contributed by atoms with van der Waals surface area (Å²) in [6.07, 6.45) is 2.67. The minimum atomic E-state index is -0.759. The smallest absolute Gasteiger partial charge is 0.303 e. The largest absolute Gasteiger partial charge is 0.481 e. The molecule has 1 aromatic carbocycles. The molecule has 2 N–H and O–H groups in total. The Hall–Kier alpha value is -1.95. The average Bonchev–Trinajstić information content (AvgIpc) is 2.38. The maximum Gasteiger partial charge on any atom is 0.303 e. The van der Waals surface area contributed by atoms with Gasteiger partial charge in [0, 0.05) is 24.6 Å². The summed E-state index contributed by atoms with van der Waals surface area (Å²) in [5.41, 5.74) is 1.76. The molecule has 0 amide bonds. The normalized spacial score (nSPS) is 10.4. The van der Waals surface area contributed by atoms with Crippen molar-refractivity contribution in [3.8, 4) is 0 Å². The highest BCUT2D eigenvalue weighted by Gasteiger charge is 2.12. The van der Waals surface area contributed by atoms with Crippen LogP contribution in [0.15, 0.2) is 18.2 Å². The van der Waals surface area contributed by atoms with Crippen molar-refractivity contribution in [2.75, 3.05) is 6.54 Å². The van der Waals surface area contributed by atoms with Gasteiger partial charge in [-0.15, -0.1) is 0 Å². The predicted octanol–water partition coefficient (Wildman–Crippen LogP) is 2.64. The summed E-state index contributed by atoms with van der Waals surface area (Å²) in [4.78, 5) is 20.8.